The number of hydrogen-bond donors (Lipinski definition) is 0. The number of fused-ring (bicyclic) bond motifs is 1. The zero-order chi connectivity index (χ0) is 34.1. The molecule has 0 saturated carbocycles. The Morgan fingerprint density at radius 3 is 2.17 bits per heavy atom. The molecule has 0 aliphatic heterocycles. The molecule has 0 unspecified atom stereocenters. The first-order valence-corrected chi connectivity index (χ1v) is 13.4. The van der Waals surface area contributed by atoms with E-state index >= 15 is 4.39 Å². The Morgan fingerprint density at radius 1 is 0.957 bits per heavy atom. The Bertz CT molecular complexity index is 1950. The minimum absolute atomic E-state index is 0.0280. The van der Waals surface area contributed by atoms with Crippen LogP contribution in [0, 0.1) is 59.6 Å². The fourth-order valence-electron chi connectivity index (χ4n) is 4.23. The van der Waals surface area contributed by atoms with Crippen LogP contribution in [0.3, 0.4) is 0 Å². The van der Waals surface area contributed by atoms with E-state index in [-0.39, 0.29) is 30.9 Å². The van der Waals surface area contributed by atoms with Gasteiger partial charge in [-0.15, -0.1) is 6.42 Å². The summed E-state index contributed by atoms with van der Waals surface area (Å²) in [6.45, 7) is 6.20. The normalized spacial score (nSPS) is 11.3. The molecule has 14 heteroatoms. The topological polar surface area (TPSA) is 90.7 Å². The van der Waals surface area contributed by atoms with Gasteiger partial charge in [-0.05, 0) is 63.6 Å². The van der Waals surface area contributed by atoms with Gasteiger partial charge < -0.3 is 14.4 Å². The molecule has 4 rings (SSSR count). The molecule has 0 radical (unpaired) electrons. The lowest BCUT2D eigenvalue weighted by atomic mass is 9.98. The van der Waals surface area contributed by atoms with Crippen molar-refractivity contribution >= 4 is 28.5 Å². The van der Waals surface area contributed by atoms with Gasteiger partial charge in [0.1, 0.15) is 11.6 Å². The van der Waals surface area contributed by atoms with E-state index in [9.17, 15) is 36.3 Å². The third-order valence-electron chi connectivity index (χ3n) is 6.70. The van der Waals surface area contributed by atoms with E-state index in [1.54, 1.807) is 45.9 Å². The maximum Gasteiger partial charge on any atom is 0.346 e. The van der Waals surface area contributed by atoms with Gasteiger partial charge in [0.25, 0.3) is 5.56 Å². The molecule has 46 heavy (non-hydrogen) atoms. The van der Waals surface area contributed by atoms with Gasteiger partial charge in [-0.3, -0.25) is 14.2 Å². The van der Waals surface area contributed by atoms with Gasteiger partial charge in [-0.25, -0.2) is 27.3 Å². The van der Waals surface area contributed by atoms with Gasteiger partial charge in [0.05, 0.1) is 28.4 Å². The lowest BCUT2D eigenvalue weighted by Crippen LogP contribution is -2.30. The van der Waals surface area contributed by atoms with Crippen molar-refractivity contribution in [1.82, 2.24) is 9.55 Å². The van der Waals surface area contributed by atoms with E-state index < -0.39 is 69.1 Å². The van der Waals surface area contributed by atoms with Crippen molar-refractivity contribution in [2.75, 3.05) is 11.4 Å². The molecule has 240 valence electrons. The molecule has 0 amide bonds. The fraction of sp³-hybridized carbons (Fsp3) is 0.250. The molecule has 1 aromatic heterocycles. The molecule has 0 bridgehead atoms. The van der Waals surface area contributed by atoms with Gasteiger partial charge in [0, 0.05) is 12.2 Å². The number of rotatable bonds is 8. The summed E-state index contributed by atoms with van der Waals surface area (Å²) in [4.78, 5) is 43.9. The van der Waals surface area contributed by atoms with E-state index in [2.05, 4.69) is 15.6 Å². The lowest BCUT2D eigenvalue weighted by Gasteiger charge is -2.23. The summed E-state index contributed by atoms with van der Waals surface area (Å²) in [6.07, 6.45) is 5.50. The summed E-state index contributed by atoms with van der Waals surface area (Å²) in [5, 5.41) is 0.202. The number of esters is 2. The van der Waals surface area contributed by atoms with Gasteiger partial charge in [0.15, 0.2) is 6.73 Å². The van der Waals surface area contributed by atoms with Crippen LogP contribution in [0.15, 0.2) is 41.2 Å². The molecule has 0 fully saturated rings. The number of benzene rings is 3. The standard InChI is InChI=1S/C32H25F6N3O5/c1-6-11-40(14-17-7-10-22-20(12-17)29(42)41(16(2)39-22)15-45-31(44)32(3,4)5)18-8-9-19(21(33)13-18)30(43)46-28-26(37)24(35)23(34)25(36)27(28)38/h1,7-10,12-13H,11,14-15H2,2-5H3. The summed E-state index contributed by atoms with van der Waals surface area (Å²) in [5.41, 5.74) is -1.08. The smallest absolute Gasteiger partial charge is 0.346 e. The number of terminal acetylenes is 1. The summed E-state index contributed by atoms with van der Waals surface area (Å²) in [6, 6.07) is 7.76. The molecule has 3 aromatic carbocycles. The summed E-state index contributed by atoms with van der Waals surface area (Å²) in [5.74, 6) is -14.6. The number of halogens is 6. The predicted molar refractivity (Wildman–Crippen MR) is 154 cm³/mol. The van der Waals surface area contributed by atoms with E-state index in [1.807, 2.05) is 0 Å². The monoisotopic (exact) mass is 645 g/mol. The Kier molecular flexibility index (Phi) is 9.46. The van der Waals surface area contributed by atoms with Crippen LogP contribution < -0.4 is 15.2 Å². The van der Waals surface area contributed by atoms with E-state index in [0.29, 0.717) is 16.9 Å². The van der Waals surface area contributed by atoms with Crippen LogP contribution in [0.25, 0.3) is 10.9 Å². The number of anilines is 1. The Hall–Kier alpha value is -5.32. The maximum atomic E-state index is 15.0. The molecule has 8 nitrogen and oxygen atoms in total. The quantitative estimate of drug-likeness (QED) is 0.0585. The van der Waals surface area contributed by atoms with Crippen LogP contribution in [0.2, 0.25) is 0 Å². The molecular weight excluding hydrogens is 620 g/mol. The predicted octanol–water partition coefficient (Wildman–Crippen LogP) is 5.95. The van der Waals surface area contributed by atoms with Gasteiger partial charge >= 0.3 is 11.9 Å². The first-order valence-electron chi connectivity index (χ1n) is 13.4. The van der Waals surface area contributed by atoms with Crippen LogP contribution in [0.4, 0.5) is 32.0 Å². The van der Waals surface area contributed by atoms with Crippen molar-refractivity contribution in [2.45, 2.75) is 41.0 Å². The van der Waals surface area contributed by atoms with E-state index in [4.69, 9.17) is 11.2 Å². The number of aryl methyl sites for hydroxylation is 1. The molecule has 0 spiro atoms. The number of hydrogen-bond acceptors (Lipinski definition) is 7. The Labute approximate surface area is 258 Å². The van der Waals surface area contributed by atoms with Crippen molar-refractivity contribution in [1.29, 1.82) is 0 Å². The second-order valence-corrected chi connectivity index (χ2v) is 11.1. The van der Waals surface area contributed by atoms with Gasteiger partial charge in [0.2, 0.25) is 34.8 Å². The average Bonchev–Trinajstić information content (AvgIpc) is 3.00. The average molecular weight is 646 g/mol. The summed E-state index contributed by atoms with van der Waals surface area (Å²) in [7, 11) is 0. The SMILES string of the molecule is C#CCN(Cc1ccc2nc(C)n(COC(=O)C(C)(C)C)c(=O)c2c1)c1ccc(C(=O)Oc2c(F)c(F)c(F)c(F)c2F)c(F)c1. The van der Waals surface area contributed by atoms with Crippen molar-refractivity contribution in [3.8, 4) is 18.1 Å². The molecule has 0 aliphatic carbocycles. The minimum atomic E-state index is -2.45. The van der Waals surface area contributed by atoms with Crippen molar-refractivity contribution in [2.24, 2.45) is 5.41 Å². The number of aromatic nitrogens is 2. The minimum Gasteiger partial charge on any atom is -0.443 e. The van der Waals surface area contributed by atoms with Crippen LogP contribution in [0.5, 0.6) is 5.75 Å². The third-order valence-corrected chi connectivity index (χ3v) is 6.70. The number of carbonyl (C=O) groups excluding carboxylic acids is 2. The second kappa shape index (κ2) is 13.0. The van der Waals surface area contributed by atoms with E-state index in [1.165, 1.54) is 15.5 Å². The first kappa shape index (κ1) is 33.6. The highest BCUT2D eigenvalue weighted by Gasteiger charge is 2.30. The highest BCUT2D eigenvalue weighted by Crippen LogP contribution is 2.30. The maximum absolute atomic E-state index is 15.0. The number of carbonyl (C=O) groups is 2. The van der Waals surface area contributed by atoms with E-state index in [0.717, 1.165) is 12.1 Å². The van der Waals surface area contributed by atoms with Crippen molar-refractivity contribution < 1.29 is 45.4 Å². The van der Waals surface area contributed by atoms with Gasteiger partial charge in [-0.2, -0.15) is 8.78 Å². The molecule has 4 aromatic rings. The molecule has 0 atom stereocenters. The largest absolute Gasteiger partial charge is 0.443 e. The zero-order valence-electron chi connectivity index (χ0n) is 24.8. The molecule has 0 saturated heterocycles. The first-order chi connectivity index (χ1) is 21.5. The fourth-order valence-corrected chi connectivity index (χ4v) is 4.23. The Balaban J connectivity index is 1.60. The zero-order valence-corrected chi connectivity index (χ0v) is 24.8. The molecule has 0 N–H and O–H groups in total. The molecule has 1 heterocycles. The number of ether oxygens (including phenoxy) is 2. The summed E-state index contributed by atoms with van der Waals surface area (Å²) >= 11 is 0. The van der Waals surface area contributed by atoms with Gasteiger partial charge in [-0.1, -0.05) is 12.0 Å². The van der Waals surface area contributed by atoms with Crippen LogP contribution >= 0.6 is 0 Å². The van der Waals surface area contributed by atoms with Crippen LogP contribution in [0.1, 0.15) is 42.5 Å². The highest BCUT2D eigenvalue weighted by atomic mass is 19.2. The second-order valence-electron chi connectivity index (χ2n) is 11.1. The van der Waals surface area contributed by atoms with Crippen LogP contribution in [-0.4, -0.2) is 28.0 Å². The van der Waals surface area contributed by atoms with Crippen molar-refractivity contribution in [3.63, 3.8) is 0 Å². The molecular formula is C32H25F6N3O5. The molecule has 0 aliphatic rings. The van der Waals surface area contributed by atoms with Crippen molar-refractivity contribution in [3.05, 3.63) is 98.6 Å². The number of nitrogens with zero attached hydrogens (tertiary/aromatic N) is 3. The highest BCUT2D eigenvalue weighted by molar-refractivity contribution is 5.92. The third kappa shape index (κ3) is 6.68. The summed E-state index contributed by atoms with van der Waals surface area (Å²) < 4.78 is 94.1. The Morgan fingerprint density at radius 2 is 1.59 bits per heavy atom. The lowest BCUT2D eigenvalue weighted by molar-refractivity contribution is -0.157. The van der Waals surface area contributed by atoms with Crippen LogP contribution in [-0.2, 0) is 22.8 Å².